The Morgan fingerprint density at radius 1 is 1.15 bits per heavy atom. The van der Waals surface area contributed by atoms with E-state index in [1.807, 2.05) is 0 Å². The van der Waals surface area contributed by atoms with Gasteiger partial charge in [0.05, 0.1) is 5.57 Å². The Balaban J connectivity index is 3.30. The molecule has 7 nitrogen and oxygen atoms in total. The molecule has 0 aromatic heterocycles. The van der Waals surface area contributed by atoms with Gasteiger partial charge in [0, 0.05) is 0 Å². The SMILES string of the molecule is N#CC(=C=[N-])C(C#N)=C1N=NN=N1. The Hall–Kier alpha value is -2.63. The molecule has 0 atom stereocenters. The van der Waals surface area contributed by atoms with Crippen molar-refractivity contribution in [2.24, 2.45) is 20.7 Å². The molecule has 0 aliphatic carbocycles. The van der Waals surface area contributed by atoms with Crippen molar-refractivity contribution in [2.75, 3.05) is 0 Å². The van der Waals surface area contributed by atoms with Gasteiger partial charge in [-0.15, -0.1) is 10.2 Å². The summed E-state index contributed by atoms with van der Waals surface area (Å²) >= 11 is 0. The molecular formula is C6N7-. The molecule has 0 amide bonds. The van der Waals surface area contributed by atoms with Crippen LogP contribution >= 0.6 is 0 Å². The molecule has 0 radical (unpaired) electrons. The fourth-order valence-corrected chi connectivity index (χ4v) is 0.599. The van der Waals surface area contributed by atoms with Crippen molar-refractivity contribution in [1.82, 2.24) is 0 Å². The molecule has 13 heavy (non-hydrogen) atoms. The van der Waals surface area contributed by atoms with Crippen molar-refractivity contribution in [2.45, 2.75) is 0 Å². The Bertz CT molecular complexity index is 432. The minimum atomic E-state index is -0.350. The smallest absolute Gasteiger partial charge is 0.219 e. The van der Waals surface area contributed by atoms with Gasteiger partial charge in [-0.25, -0.2) is 5.87 Å². The van der Waals surface area contributed by atoms with E-state index in [1.165, 1.54) is 0 Å². The van der Waals surface area contributed by atoms with E-state index in [0.29, 0.717) is 0 Å². The van der Waals surface area contributed by atoms with Crippen molar-refractivity contribution < 1.29 is 0 Å². The first-order valence-corrected chi connectivity index (χ1v) is 2.97. The average molecular weight is 170 g/mol. The lowest BCUT2D eigenvalue weighted by Gasteiger charge is -1.91. The lowest BCUT2D eigenvalue weighted by Crippen LogP contribution is -1.87. The van der Waals surface area contributed by atoms with Crippen LogP contribution in [0.15, 0.2) is 37.6 Å². The van der Waals surface area contributed by atoms with E-state index in [2.05, 4.69) is 20.7 Å². The van der Waals surface area contributed by atoms with Crippen LogP contribution in [-0.4, -0.2) is 5.87 Å². The summed E-state index contributed by atoms with van der Waals surface area (Å²) in [6.07, 6.45) is 0. The fraction of sp³-hybridized carbons (Fsp3) is 0. The Kier molecular flexibility index (Phi) is 2.39. The van der Waals surface area contributed by atoms with Crippen LogP contribution in [0.2, 0.25) is 0 Å². The monoisotopic (exact) mass is 170 g/mol. The van der Waals surface area contributed by atoms with Gasteiger partial charge in [-0.2, -0.15) is 10.5 Å². The molecule has 1 aliphatic rings. The van der Waals surface area contributed by atoms with Crippen LogP contribution in [-0.2, 0) is 0 Å². The molecule has 1 rings (SSSR count). The minimum absolute atomic E-state index is 0.111. The van der Waals surface area contributed by atoms with E-state index in [0.717, 1.165) is 0 Å². The van der Waals surface area contributed by atoms with Gasteiger partial charge in [-0.05, 0) is 10.4 Å². The van der Waals surface area contributed by atoms with E-state index in [1.54, 1.807) is 18.0 Å². The highest BCUT2D eigenvalue weighted by atomic mass is 15.5. The summed E-state index contributed by atoms with van der Waals surface area (Å²) in [7, 11) is 0. The molecule has 7 heteroatoms. The summed E-state index contributed by atoms with van der Waals surface area (Å²) in [5.74, 6) is 1.44. The zero-order valence-corrected chi connectivity index (χ0v) is 6.13. The third-order valence-electron chi connectivity index (χ3n) is 1.13. The summed E-state index contributed by atoms with van der Waals surface area (Å²) in [5.41, 5.74) is -0.563. The van der Waals surface area contributed by atoms with Gasteiger partial charge in [0.25, 0.3) is 0 Å². The quantitative estimate of drug-likeness (QED) is 0.434. The van der Waals surface area contributed by atoms with Gasteiger partial charge in [-0.3, -0.25) is 0 Å². The van der Waals surface area contributed by atoms with Crippen molar-refractivity contribution in [3.8, 4) is 12.1 Å². The molecule has 0 aromatic rings. The Morgan fingerprint density at radius 3 is 2.15 bits per heavy atom. The molecule has 0 saturated carbocycles. The number of hydrogen-bond acceptors (Lipinski definition) is 6. The fourth-order valence-electron chi connectivity index (χ4n) is 0.599. The minimum Gasteiger partial charge on any atom is -0.762 e. The van der Waals surface area contributed by atoms with Crippen LogP contribution in [0.4, 0.5) is 0 Å². The van der Waals surface area contributed by atoms with Gasteiger partial charge in [0.2, 0.25) is 5.82 Å². The second kappa shape index (κ2) is 3.67. The predicted molar refractivity (Wildman–Crippen MR) is 39.8 cm³/mol. The first-order chi connectivity index (χ1) is 6.33. The largest absolute Gasteiger partial charge is 0.762 e. The molecule has 0 spiro atoms. The van der Waals surface area contributed by atoms with Crippen molar-refractivity contribution in [3.63, 3.8) is 0 Å². The summed E-state index contributed by atoms with van der Waals surface area (Å²) in [6, 6.07) is 3.19. The maximum absolute atomic E-state index is 8.58. The first kappa shape index (κ1) is 8.47. The number of rotatable bonds is 1. The number of allylic oxidation sites excluding steroid dienone is 2. The number of nitriles is 2. The van der Waals surface area contributed by atoms with Gasteiger partial charge < -0.3 is 5.41 Å². The lowest BCUT2D eigenvalue weighted by atomic mass is 10.1. The van der Waals surface area contributed by atoms with Gasteiger partial charge >= 0.3 is 0 Å². The second-order valence-corrected chi connectivity index (χ2v) is 1.79. The summed E-state index contributed by atoms with van der Waals surface area (Å²) in [6.45, 7) is 0. The van der Waals surface area contributed by atoms with Gasteiger partial charge in [0.15, 0.2) is 0 Å². The standard InChI is InChI=1S/C6N7/c7-1-4(2-8)5(3-9)6-10-12-13-11-6/q-1. The van der Waals surface area contributed by atoms with Crippen LogP contribution < -0.4 is 0 Å². The van der Waals surface area contributed by atoms with E-state index in [9.17, 15) is 0 Å². The molecular weight excluding hydrogens is 170 g/mol. The third-order valence-corrected chi connectivity index (χ3v) is 1.13. The average Bonchev–Trinajstić information content (AvgIpc) is 2.66. The molecule has 0 saturated heterocycles. The van der Waals surface area contributed by atoms with Crippen LogP contribution in [0.5, 0.6) is 0 Å². The van der Waals surface area contributed by atoms with Crippen molar-refractivity contribution >= 4 is 5.87 Å². The number of nitrogens with zero attached hydrogens (tertiary/aromatic N) is 7. The molecule has 0 fully saturated rings. The predicted octanol–water partition coefficient (Wildman–Crippen LogP) is 1.24. The van der Waals surface area contributed by atoms with Crippen molar-refractivity contribution in [1.29, 1.82) is 10.5 Å². The summed E-state index contributed by atoms with van der Waals surface area (Å²) in [4.78, 5) is 0. The maximum atomic E-state index is 8.58. The molecule has 0 aromatic carbocycles. The topological polar surface area (TPSA) is 119 Å². The molecule has 60 valence electrons. The molecule has 0 N–H and O–H groups in total. The summed E-state index contributed by atoms with van der Waals surface area (Å²) < 4.78 is 0. The van der Waals surface area contributed by atoms with Crippen LogP contribution in [0.3, 0.4) is 0 Å². The maximum Gasteiger partial charge on any atom is 0.219 e. The zero-order valence-electron chi connectivity index (χ0n) is 6.13. The van der Waals surface area contributed by atoms with Crippen LogP contribution in [0.25, 0.3) is 5.41 Å². The highest BCUT2D eigenvalue weighted by molar-refractivity contribution is 5.75. The van der Waals surface area contributed by atoms with Gasteiger partial charge in [0.1, 0.15) is 17.7 Å². The molecule has 1 aliphatic heterocycles. The van der Waals surface area contributed by atoms with Crippen molar-refractivity contribution in [3.05, 3.63) is 22.4 Å². The Morgan fingerprint density at radius 2 is 1.77 bits per heavy atom. The van der Waals surface area contributed by atoms with E-state index in [-0.39, 0.29) is 17.0 Å². The zero-order chi connectivity index (χ0) is 9.68. The highest BCUT2D eigenvalue weighted by Crippen LogP contribution is 2.18. The third kappa shape index (κ3) is 1.51. The van der Waals surface area contributed by atoms with Crippen LogP contribution in [0.1, 0.15) is 0 Å². The molecule has 0 bridgehead atoms. The molecule has 0 unspecified atom stereocenters. The lowest BCUT2D eigenvalue weighted by molar-refractivity contribution is 1.06. The van der Waals surface area contributed by atoms with Crippen LogP contribution in [0, 0.1) is 22.7 Å². The van der Waals surface area contributed by atoms with E-state index in [4.69, 9.17) is 15.9 Å². The summed E-state index contributed by atoms with van der Waals surface area (Å²) in [5, 5.41) is 38.4. The molecule has 1 heterocycles. The first-order valence-electron chi connectivity index (χ1n) is 2.97. The van der Waals surface area contributed by atoms with E-state index >= 15 is 0 Å². The number of hydrogen-bond donors (Lipinski definition) is 0. The second-order valence-electron chi connectivity index (χ2n) is 1.79. The van der Waals surface area contributed by atoms with E-state index < -0.39 is 0 Å². The highest BCUT2D eigenvalue weighted by Gasteiger charge is 2.12. The normalized spacial score (nSPS) is 11.7. The van der Waals surface area contributed by atoms with Gasteiger partial charge in [-0.1, -0.05) is 0 Å². The Labute approximate surface area is 72.5 Å².